The minimum atomic E-state index is -0.157. The van der Waals surface area contributed by atoms with Crippen molar-refractivity contribution in [2.75, 3.05) is 59.1 Å². The van der Waals surface area contributed by atoms with Gasteiger partial charge in [-0.1, -0.05) is 117 Å². The molecule has 1 aliphatic rings. The third-order valence-electron chi connectivity index (χ3n) is 9.62. The smallest absolute Gasteiger partial charge is 0.306 e. The highest BCUT2D eigenvalue weighted by Gasteiger charge is 2.16. The molecule has 47 heavy (non-hydrogen) atoms. The SMILES string of the molecule is CCCCCCCCCCCCCCCOc1cc(COC(=O)CCCN2CCN(CCO)CC2)cc(OCC(CC)CCCC)c1. The van der Waals surface area contributed by atoms with Crippen LogP contribution in [0, 0.1) is 5.92 Å². The third-order valence-corrected chi connectivity index (χ3v) is 9.62. The molecule has 0 bridgehead atoms. The summed E-state index contributed by atoms with van der Waals surface area (Å²) in [5.74, 6) is 1.99. The first-order valence-electron chi connectivity index (χ1n) is 19.7. The summed E-state index contributed by atoms with van der Waals surface area (Å²) in [7, 11) is 0. The Labute approximate surface area is 289 Å². The summed E-state index contributed by atoms with van der Waals surface area (Å²) in [4.78, 5) is 17.3. The number of unbranched alkanes of at least 4 members (excludes halogenated alkanes) is 13. The van der Waals surface area contributed by atoms with Crippen LogP contribution in [0.2, 0.25) is 0 Å². The van der Waals surface area contributed by atoms with Crippen LogP contribution in [0.3, 0.4) is 0 Å². The van der Waals surface area contributed by atoms with E-state index in [0.717, 1.165) is 75.6 Å². The lowest BCUT2D eigenvalue weighted by molar-refractivity contribution is -0.145. The molecule has 1 saturated heterocycles. The minimum Gasteiger partial charge on any atom is -0.493 e. The molecule has 7 nitrogen and oxygen atoms in total. The molecule has 0 spiro atoms. The molecule has 272 valence electrons. The van der Waals surface area contributed by atoms with Crippen LogP contribution in [-0.4, -0.2) is 80.0 Å². The fourth-order valence-electron chi connectivity index (χ4n) is 6.36. The van der Waals surface area contributed by atoms with Crippen molar-refractivity contribution < 1.29 is 24.1 Å². The highest BCUT2D eigenvalue weighted by Crippen LogP contribution is 2.26. The third kappa shape index (κ3) is 21.0. The largest absolute Gasteiger partial charge is 0.493 e. The summed E-state index contributed by atoms with van der Waals surface area (Å²) in [5.41, 5.74) is 0.915. The number of esters is 1. The van der Waals surface area contributed by atoms with Crippen molar-refractivity contribution in [1.29, 1.82) is 0 Å². The van der Waals surface area contributed by atoms with Crippen LogP contribution in [0.1, 0.15) is 148 Å². The Balaban J connectivity index is 1.73. The number of nitrogens with zero attached hydrogens (tertiary/aromatic N) is 2. The fourth-order valence-corrected chi connectivity index (χ4v) is 6.36. The lowest BCUT2D eigenvalue weighted by Crippen LogP contribution is -2.47. The fraction of sp³-hybridized carbons (Fsp3) is 0.825. The lowest BCUT2D eigenvalue weighted by atomic mass is 10.0. The van der Waals surface area contributed by atoms with E-state index in [9.17, 15) is 4.79 Å². The molecule has 1 heterocycles. The van der Waals surface area contributed by atoms with Gasteiger partial charge in [-0.15, -0.1) is 0 Å². The van der Waals surface area contributed by atoms with Gasteiger partial charge in [0.25, 0.3) is 0 Å². The van der Waals surface area contributed by atoms with Crippen LogP contribution in [0.25, 0.3) is 0 Å². The van der Waals surface area contributed by atoms with Crippen LogP contribution in [-0.2, 0) is 16.1 Å². The number of ether oxygens (including phenoxy) is 3. The predicted molar refractivity (Wildman–Crippen MR) is 195 cm³/mol. The lowest BCUT2D eigenvalue weighted by Gasteiger charge is -2.34. The van der Waals surface area contributed by atoms with Gasteiger partial charge in [0.15, 0.2) is 0 Å². The van der Waals surface area contributed by atoms with Gasteiger partial charge < -0.3 is 24.2 Å². The van der Waals surface area contributed by atoms with Crippen LogP contribution in [0.15, 0.2) is 18.2 Å². The number of rotatable bonds is 30. The number of aliphatic hydroxyl groups is 1. The van der Waals surface area contributed by atoms with Gasteiger partial charge in [0.05, 0.1) is 19.8 Å². The molecule has 0 saturated carbocycles. The molecule has 1 N–H and O–H groups in total. The summed E-state index contributed by atoms with van der Waals surface area (Å²) in [5, 5.41) is 9.14. The van der Waals surface area contributed by atoms with E-state index in [1.165, 1.54) is 96.3 Å². The number of benzene rings is 1. The molecule has 2 rings (SSSR count). The molecule has 0 aliphatic carbocycles. The number of carbonyl (C=O) groups excluding carboxylic acids is 1. The number of hydrogen-bond acceptors (Lipinski definition) is 7. The quantitative estimate of drug-likeness (QED) is 0.0652. The summed E-state index contributed by atoms with van der Waals surface area (Å²) >= 11 is 0. The molecular weight excluding hydrogens is 588 g/mol. The molecule has 0 amide bonds. The van der Waals surface area contributed by atoms with E-state index >= 15 is 0 Å². The average molecular weight is 661 g/mol. The molecule has 0 aromatic heterocycles. The molecule has 1 unspecified atom stereocenters. The van der Waals surface area contributed by atoms with Crippen molar-refractivity contribution in [1.82, 2.24) is 9.80 Å². The van der Waals surface area contributed by atoms with E-state index in [1.807, 2.05) is 18.2 Å². The first kappa shape index (κ1) is 41.3. The number of β-amino-alcohol motifs (C(OH)–C–C–N with tert-alkyl or cyclic N) is 1. The van der Waals surface area contributed by atoms with Crippen molar-refractivity contribution >= 4 is 5.97 Å². The zero-order valence-corrected chi connectivity index (χ0v) is 30.8. The van der Waals surface area contributed by atoms with Crippen LogP contribution in [0.4, 0.5) is 0 Å². The number of carbonyl (C=O) groups is 1. The Kier molecular flexibility index (Phi) is 24.7. The molecule has 1 atom stereocenters. The first-order valence-corrected chi connectivity index (χ1v) is 19.7. The van der Waals surface area contributed by atoms with E-state index in [-0.39, 0.29) is 19.2 Å². The maximum absolute atomic E-state index is 12.6. The Hall–Kier alpha value is -1.83. The number of aliphatic hydroxyl groups excluding tert-OH is 1. The second-order valence-corrected chi connectivity index (χ2v) is 13.8. The molecule has 0 radical (unpaired) electrons. The Morgan fingerprint density at radius 2 is 1.26 bits per heavy atom. The highest BCUT2D eigenvalue weighted by atomic mass is 16.5. The van der Waals surface area contributed by atoms with Gasteiger partial charge in [-0.05, 0) is 49.4 Å². The summed E-state index contributed by atoms with van der Waals surface area (Å²) in [6.45, 7) is 14.2. The normalized spacial score (nSPS) is 14.7. The maximum Gasteiger partial charge on any atom is 0.306 e. The first-order chi connectivity index (χ1) is 23.1. The van der Waals surface area contributed by atoms with E-state index in [0.29, 0.717) is 25.6 Å². The van der Waals surface area contributed by atoms with Crippen LogP contribution < -0.4 is 9.47 Å². The highest BCUT2D eigenvalue weighted by molar-refractivity contribution is 5.69. The van der Waals surface area contributed by atoms with Gasteiger partial charge in [0, 0.05) is 45.2 Å². The van der Waals surface area contributed by atoms with Crippen LogP contribution in [0.5, 0.6) is 11.5 Å². The van der Waals surface area contributed by atoms with Crippen molar-refractivity contribution in [2.24, 2.45) is 5.92 Å². The molecule has 1 aromatic rings. The van der Waals surface area contributed by atoms with Crippen LogP contribution >= 0.6 is 0 Å². The van der Waals surface area contributed by atoms with Crippen molar-refractivity contribution in [3.8, 4) is 11.5 Å². The zero-order valence-electron chi connectivity index (χ0n) is 30.8. The predicted octanol–water partition coefficient (Wildman–Crippen LogP) is 9.19. The standard InChI is InChI=1S/C40H72N2O5/c1-4-7-9-10-11-12-13-14-15-16-17-18-19-30-45-38-31-37(32-39(33-38)46-34-36(6-3)21-8-5-2)35-47-40(44)22-20-23-41-24-26-42(27-25-41)28-29-43/h31-33,36,43H,4-30,34-35H2,1-3H3. The molecule has 1 aromatic carbocycles. The second kappa shape index (κ2) is 28.1. The molecule has 7 heteroatoms. The summed E-state index contributed by atoms with van der Waals surface area (Å²) in [6.07, 6.45) is 23.3. The minimum absolute atomic E-state index is 0.157. The van der Waals surface area contributed by atoms with Gasteiger partial charge in [0.1, 0.15) is 18.1 Å². The number of piperazine rings is 1. The van der Waals surface area contributed by atoms with Crippen molar-refractivity contribution in [3.05, 3.63) is 23.8 Å². The van der Waals surface area contributed by atoms with Gasteiger partial charge in [-0.3, -0.25) is 9.69 Å². The van der Waals surface area contributed by atoms with E-state index in [4.69, 9.17) is 19.3 Å². The zero-order chi connectivity index (χ0) is 33.8. The van der Waals surface area contributed by atoms with Gasteiger partial charge in [-0.25, -0.2) is 0 Å². The van der Waals surface area contributed by atoms with Gasteiger partial charge in [-0.2, -0.15) is 0 Å². The Bertz CT molecular complexity index is 889. The Morgan fingerprint density at radius 3 is 1.83 bits per heavy atom. The second-order valence-electron chi connectivity index (χ2n) is 13.8. The molecular formula is C40H72N2O5. The maximum atomic E-state index is 12.6. The van der Waals surface area contributed by atoms with Gasteiger partial charge in [0.2, 0.25) is 0 Å². The number of hydrogen-bond donors (Lipinski definition) is 1. The van der Waals surface area contributed by atoms with Gasteiger partial charge >= 0.3 is 5.97 Å². The summed E-state index contributed by atoms with van der Waals surface area (Å²) < 4.78 is 18.2. The van der Waals surface area contributed by atoms with Crippen molar-refractivity contribution in [3.63, 3.8) is 0 Å². The molecule has 1 aliphatic heterocycles. The van der Waals surface area contributed by atoms with Crippen molar-refractivity contribution in [2.45, 2.75) is 149 Å². The van der Waals surface area contributed by atoms with E-state index in [1.54, 1.807) is 0 Å². The monoisotopic (exact) mass is 661 g/mol. The Morgan fingerprint density at radius 1 is 0.702 bits per heavy atom. The molecule has 1 fully saturated rings. The van der Waals surface area contributed by atoms with E-state index in [2.05, 4.69) is 30.6 Å². The van der Waals surface area contributed by atoms with E-state index < -0.39 is 0 Å². The summed E-state index contributed by atoms with van der Waals surface area (Å²) in [6, 6.07) is 6.01. The topological polar surface area (TPSA) is 71.5 Å². The average Bonchev–Trinajstić information content (AvgIpc) is 3.08.